The summed E-state index contributed by atoms with van der Waals surface area (Å²) in [5.41, 5.74) is 2.98. The van der Waals surface area contributed by atoms with Crippen LogP contribution in [0.1, 0.15) is 43.2 Å². The van der Waals surface area contributed by atoms with E-state index in [2.05, 4.69) is 37.0 Å². The lowest BCUT2D eigenvalue weighted by molar-refractivity contribution is 0.431. The summed E-state index contributed by atoms with van der Waals surface area (Å²) in [6.45, 7) is 10.0. The summed E-state index contributed by atoms with van der Waals surface area (Å²) in [5.74, 6) is 0.969. The Labute approximate surface area is 125 Å². The highest BCUT2D eigenvalue weighted by Crippen LogP contribution is 2.34. The molecule has 0 radical (unpaired) electrons. The van der Waals surface area contributed by atoms with E-state index in [0.717, 1.165) is 16.8 Å². The van der Waals surface area contributed by atoms with Gasteiger partial charge in [-0.15, -0.1) is 5.10 Å². The average molecular weight is 281 g/mol. The first-order valence-corrected chi connectivity index (χ1v) is 6.86. The molecule has 0 bridgehead atoms. The molecule has 0 aliphatic rings. The Hall–Kier alpha value is -2.41. The van der Waals surface area contributed by atoms with Gasteiger partial charge in [0.2, 0.25) is 0 Å². The van der Waals surface area contributed by atoms with Crippen LogP contribution in [0.2, 0.25) is 0 Å². The van der Waals surface area contributed by atoms with E-state index < -0.39 is 0 Å². The molecule has 2 rings (SSSR count). The molecule has 108 valence electrons. The molecule has 4 nitrogen and oxygen atoms in total. The lowest BCUT2D eigenvalue weighted by atomic mass is 9.86. The van der Waals surface area contributed by atoms with Crippen molar-refractivity contribution in [3.8, 4) is 17.7 Å². The minimum Gasteiger partial charge on any atom is -0.436 e. The molecule has 0 N–H and O–H groups in total. The number of hydrogen-bond acceptors (Lipinski definition) is 4. The van der Waals surface area contributed by atoms with Gasteiger partial charge in [-0.2, -0.15) is 10.4 Å². The van der Waals surface area contributed by atoms with E-state index in [1.807, 2.05) is 38.1 Å². The van der Waals surface area contributed by atoms with Gasteiger partial charge in [-0.1, -0.05) is 39.0 Å². The van der Waals surface area contributed by atoms with Crippen LogP contribution in [0.4, 0.5) is 0 Å². The molecule has 0 amide bonds. The number of aryl methyl sites for hydroxylation is 1. The van der Waals surface area contributed by atoms with Crippen LogP contribution in [0.15, 0.2) is 24.3 Å². The first kappa shape index (κ1) is 15.0. The standard InChI is InChI=1S/C17H19N3O/c1-11-12(2)19-20-16(13(11)10-18)21-15-9-7-6-8-14(15)17(3,4)5/h6-9H,1-5H3. The van der Waals surface area contributed by atoms with Crippen molar-refractivity contribution in [3.05, 3.63) is 46.6 Å². The summed E-state index contributed by atoms with van der Waals surface area (Å²) in [6, 6.07) is 9.95. The van der Waals surface area contributed by atoms with Crippen LogP contribution >= 0.6 is 0 Å². The van der Waals surface area contributed by atoms with E-state index in [1.165, 1.54) is 0 Å². The second-order valence-corrected chi connectivity index (χ2v) is 6.05. The summed E-state index contributed by atoms with van der Waals surface area (Å²) in [4.78, 5) is 0. The Morgan fingerprint density at radius 2 is 1.76 bits per heavy atom. The van der Waals surface area contributed by atoms with E-state index in [0.29, 0.717) is 11.3 Å². The van der Waals surface area contributed by atoms with E-state index in [4.69, 9.17) is 4.74 Å². The van der Waals surface area contributed by atoms with Crippen molar-refractivity contribution in [1.29, 1.82) is 5.26 Å². The molecule has 1 aromatic carbocycles. The van der Waals surface area contributed by atoms with E-state index in [9.17, 15) is 5.26 Å². The molecule has 0 atom stereocenters. The third-order valence-corrected chi connectivity index (χ3v) is 3.44. The highest BCUT2D eigenvalue weighted by molar-refractivity contribution is 5.48. The Morgan fingerprint density at radius 1 is 1.10 bits per heavy atom. The molecule has 2 aromatic rings. The molecule has 0 saturated heterocycles. The van der Waals surface area contributed by atoms with Crippen molar-refractivity contribution in [1.82, 2.24) is 10.2 Å². The Kier molecular flexibility index (Phi) is 3.95. The van der Waals surface area contributed by atoms with Gasteiger partial charge in [-0.05, 0) is 30.9 Å². The first-order chi connectivity index (χ1) is 9.84. The molecule has 0 aliphatic carbocycles. The van der Waals surface area contributed by atoms with Crippen molar-refractivity contribution in [2.75, 3.05) is 0 Å². The Balaban J connectivity index is 2.50. The number of nitriles is 1. The van der Waals surface area contributed by atoms with Gasteiger partial charge in [-0.25, -0.2) is 0 Å². The maximum Gasteiger partial charge on any atom is 0.257 e. The maximum atomic E-state index is 9.33. The van der Waals surface area contributed by atoms with Crippen LogP contribution in [0.5, 0.6) is 11.6 Å². The van der Waals surface area contributed by atoms with Crippen molar-refractivity contribution in [2.45, 2.75) is 40.0 Å². The summed E-state index contributed by atoms with van der Waals surface area (Å²) >= 11 is 0. The fraction of sp³-hybridized carbons (Fsp3) is 0.353. The molecule has 21 heavy (non-hydrogen) atoms. The predicted octanol–water partition coefficient (Wildman–Crippen LogP) is 4.05. The molecular formula is C17H19N3O. The van der Waals surface area contributed by atoms with Crippen molar-refractivity contribution >= 4 is 0 Å². The van der Waals surface area contributed by atoms with Gasteiger partial charge in [0.15, 0.2) is 0 Å². The van der Waals surface area contributed by atoms with Gasteiger partial charge in [0.05, 0.1) is 5.69 Å². The number of nitrogens with zero attached hydrogens (tertiary/aromatic N) is 3. The molecule has 0 unspecified atom stereocenters. The molecule has 0 spiro atoms. The fourth-order valence-corrected chi connectivity index (χ4v) is 2.07. The SMILES string of the molecule is Cc1nnc(Oc2ccccc2C(C)(C)C)c(C#N)c1C. The second-order valence-electron chi connectivity index (χ2n) is 6.05. The highest BCUT2D eigenvalue weighted by atomic mass is 16.5. The summed E-state index contributed by atoms with van der Waals surface area (Å²) in [5, 5.41) is 17.4. The topological polar surface area (TPSA) is 58.8 Å². The van der Waals surface area contributed by atoms with Gasteiger partial charge in [0.1, 0.15) is 17.4 Å². The minimum atomic E-state index is -0.0590. The lowest BCUT2D eigenvalue weighted by Crippen LogP contribution is -2.13. The van der Waals surface area contributed by atoms with Crippen molar-refractivity contribution < 1.29 is 4.74 Å². The molecule has 4 heteroatoms. The average Bonchev–Trinajstić information content (AvgIpc) is 2.43. The van der Waals surface area contributed by atoms with Crippen LogP contribution in [-0.2, 0) is 5.41 Å². The zero-order valence-corrected chi connectivity index (χ0v) is 13.1. The number of aromatic nitrogens is 2. The Bertz CT molecular complexity index is 709. The Morgan fingerprint density at radius 3 is 2.38 bits per heavy atom. The minimum absolute atomic E-state index is 0.0590. The summed E-state index contributed by atoms with van der Waals surface area (Å²) in [6.07, 6.45) is 0. The third kappa shape index (κ3) is 3.03. The third-order valence-electron chi connectivity index (χ3n) is 3.44. The normalized spacial score (nSPS) is 11.0. The van der Waals surface area contributed by atoms with Crippen LogP contribution in [-0.4, -0.2) is 10.2 Å². The molecular weight excluding hydrogens is 262 g/mol. The largest absolute Gasteiger partial charge is 0.436 e. The molecule has 0 fully saturated rings. The highest BCUT2D eigenvalue weighted by Gasteiger charge is 2.20. The zero-order chi connectivity index (χ0) is 15.6. The van der Waals surface area contributed by atoms with Crippen LogP contribution in [0.25, 0.3) is 0 Å². The van der Waals surface area contributed by atoms with E-state index in [-0.39, 0.29) is 11.3 Å². The molecule has 0 saturated carbocycles. The first-order valence-electron chi connectivity index (χ1n) is 6.86. The molecule has 1 aromatic heterocycles. The van der Waals surface area contributed by atoms with Crippen molar-refractivity contribution in [2.24, 2.45) is 0 Å². The summed E-state index contributed by atoms with van der Waals surface area (Å²) < 4.78 is 5.90. The van der Waals surface area contributed by atoms with Crippen LogP contribution in [0.3, 0.4) is 0 Å². The van der Waals surface area contributed by atoms with Crippen molar-refractivity contribution in [3.63, 3.8) is 0 Å². The predicted molar refractivity (Wildman–Crippen MR) is 81.4 cm³/mol. The fourth-order valence-electron chi connectivity index (χ4n) is 2.07. The second kappa shape index (κ2) is 5.53. The number of ether oxygens (including phenoxy) is 1. The van der Waals surface area contributed by atoms with Gasteiger partial charge >= 0.3 is 0 Å². The smallest absolute Gasteiger partial charge is 0.257 e. The number of hydrogen-bond donors (Lipinski definition) is 0. The monoisotopic (exact) mass is 281 g/mol. The number of benzene rings is 1. The number of para-hydroxylation sites is 1. The van der Waals surface area contributed by atoms with Gasteiger partial charge in [0.25, 0.3) is 5.88 Å². The van der Waals surface area contributed by atoms with Gasteiger partial charge in [0, 0.05) is 5.56 Å². The quantitative estimate of drug-likeness (QED) is 0.833. The van der Waals surface area contributed by atoms with Gasteiger partial charge < -0.3 is 4.74 Å². The molecule has 1 heterocycles. The maximum absolute atomic E-state index is 9.33. The molecule has 0 aliphatic heterocycles. The van der Waals surface area contributed by atoms with Crippen LogP contribution in [0, 0.1) is 25.2 Å². The lowest BCUT2D eigenvalue weighted by Gasteiger charge is -2.22. The van der Waals surface area contributed by atoms with Crippen LogP contribution < -0.4 is 4.74 Å². The zero-order valence-electron chi connectivity index (χ0n) is 13.1. The number of rotatable bonds is 2. The van der Waals surface area contributed by atoms with Gasteiger partial charge in [-0.3, -0.25) is 0 Å². The van der Waals surface area contributed by atoms with E-state index in [1.54, 1.807) is 0 Å². The summed E-state index contributed by atoms with van der Waals surface area (Å²) in [7, 11) is 0. The van der Waals surface area contributed by atoms with E-state index >= 15 is 0 Å².